The number of nitrogens with zero attached hydrogens (tertiary/aromatic N) is 2. The lowest BCUT2D eigenvalue weighted by Crippen LogP contribution is -2.20. The number of aromatic nitrogens is 2. The number of thioether (sulfide) groups is 1. The van der Waals surface area contributed by atoms with Crippen molar-refractivity contribution in [3.8, 4) is 0 Å². The number of carboxylic acids is 1. The summed E-state index contributed by atoms with van der Waals surface area (Å²) in [5, 5.41) is 13.0. The number of hydrogen-bond donors (Lipinski definition) is 1. The molecule has 0 aromatic carbocycles. The molecule has 14 heavy (non-hydrogen) atoms. The second-order valence-electron chi connectivity index (χ2n) is 3.31. The zero-order chi connectivity index (χ0) is 9.97. The minimum absolute atomic E-state index is 0.275. The monoisotopic (exact) mass is 212 g/mol. The summed E-state index contributed by atoms with van der Waals surface area (Å²) < 4.78 is 1.65. The van der Waals surface area contributed by atoms with Crippen LogP contribution in [0.3, 0.4) is 0 Å². The molecule has 0 unspecified atom stereocenters. The van der Waals surface area contributed by atoms with Crippen molar-refractivity contribution in [2.75, 3.05) is 11.5 Å². The number of rotatable bonds is 2. The van der Waals surface area contributed by atoms with Crippen LogP contribution >= 0.6 is 11.8 Å². The second kappa shape index (κ2) is 4.04. The van der Waals surface area contributed by atoms with Gasteiger partial charge < -0.3 is 5.11 Å². The summed E-state index contributed by atoms with van der Waals surface area (Å²) >= 11 is 1.92. The van der Waals surface area contributed by atoms with Crippen molar-refractivity contribution in [2.24, 2.45) is 0 Å². The van der Waals surface area contributed by atoms with Crippen LogP contribution in [-0.4, -0.2) is 32.4 Å². The zero-order valence-corrected chi connectivity index (χ0v) is 8.54. The van der Waals surface area contributed by atoms with Gasteiger partial charge in [0.2, 0.25) is 0 Å². The maximum Gasteiger partial charge on any atom is 0.354 e. The summed E-state index contributed by atoms with van der Waals surface area (Å²) in [7, 11) is 0. The normalized spacial score (nSPS) is 18.3. The third-order valence-electron chi connectivity index (χ3n) is 2.43. The highest BCUT2D eigenvalue weighted by Crippen LogP contribution is 2.27. The van der Waals surface area contributed by atoms with E-state index in [0.29, 0.717) is 5.69 Å². The molecule has 1 aromatic rings. The maximum absolute atomic E-state index is 10.9. The van der Waals surface area contributed by atoms with Gasteiger partial charge in [0.25, 0.3) is 0 Å². The molecule has 5 heteroatoms. The van der Waals surface area contributed by atoms with E-state index in [4.69, 9.17) is 5.11 Å². The molecule has 1 aliphatic heterocycles. The quantitative estimate of drug-likeness (QED) is 0.809. The molecular weight excluding hydrogens is 200 g/mol. The molecule has 1 aliphatic rings. The molecule has 1 fully saturated rings. The summed E-state index contributed by atoms with van der Waals surface area (Å²) in [6.07, 6.45) is 3.60. The molecule has 0 amide bonds. The van der Waals surface area contributed by atoms with E-state index in [2.05, 4.69) is 5.10 Å². The highest BCUT2D eigenvalue weighted by molar-refractivity contribution is 7.99. The van der Waals surface area contributed by atoms with Gasteiger partial charge in [0, 0.05) is 6.20 Å². The van der Waals surface area contributed by atoms with Crippen molar-refractivity contribution in [1.29, 1.82) is 0 Å². The molecule has 76 valence electrons. The smallest absolute Gasteiger partial charge is 0.354 e. The van der Waals surface area contributed by atoms with Gasteiger partial charge in [0.1, 0.15) is 5.69 Å². The highest BCUT2D eigenvalue weighted by atomic mass is 32.2. The van der Waals surface area contributed by atoms with Gasteiger partial charge >= 0.3 is 5.97 Å². The lowest BCUT2D eigenvalue weighted by Gasteiger charge is -2.22. The van der Waals surface area contributed by atoms with E-state index >= 15 is 0 Å². The maximum atomic E-state index is 10.9. The fraction of sp³-hybridized carbons (Fsp3) is 0.556. The van der Waals surface area contributed by atoms with Crippen molar-refractivity contribution >= 4 is 17.7 Å². The Kier molecular flexibility index (Phi) is 2.77. The first kappa shape index (κ1) is 9.58. The van der Waals surface area contributed by atoms with Crippen molar-refractivity contribution in [3.63, 3.8) is 0 Å². The van der Waals surface area contributed by atoms with Crippen LogP contribution in [0, 0.1) is 0 Å². The van der Waals surface area contributed by atoms with E-state index in [-0.39, 0.29) is 6.04 Å². The summed E-state index contributed by atoms with van der Waals surface area (Å²) in [4.78, 5) is 10.9. The average molecular weight is 212 g/mol. The highest BCUT2D eigenvalue weighted by Gasteiger charge is 2.20. The Morgan fingerprint density at radius 3 is 2.93 bits per heavy atom. The topological polar surface area (TPSA) is 55.1 Å². The van der Waals surface area contributed by atoms with Gasteiger partial charge in [-0.15, -0.1) is 0 Å². The Bertz CT molecular complexity index is 331. The second-order valence-corrected chi connectivity index (χ2v) is 4.53. The number of carbonyl (C=O) groups is 1. The molecule has 1 aromatic heterocycles. The first-order valence-electron chi connectivity index (χ1n) is 4.63. The van der Waals surface area contributed by atoms with E-state index in [1.165, 1.54) is 0 Å². The molecule has 0 spiro atoms. The predicted molar refractivity (Wildman–Crippen MR) is 54.8 cm³/mol. The third-order valence-corrected chi connectivity index (χ3v) is 3.47. The molecule has 1 N–H and O–H groups in total. The molecule has 0 bridgehead atoms. The Morgan fingerprint density at radius 2 is 2.29 bits per heavy atom. The first-order valence-corrected chi connectivity index (χ1v) is 5.79. The Balaban J connectivity index is 2.21. The van der Waals surface area contributed by atoms with E-state index < -0.39 is 5.97 Å². The number of aromatic carboxylic acids is 1. The minimum Gasteiger partial charge on any atom is -0.477 e. The van der Waals surface area contributed by atoms with Crippen molar-refractivity contribution in [3.05, 3.63) is 18.0 Å². The molecule has 0 atom stereocenters. The summed E-state index contributed by atoms with van der Waals surface area (Å²) in [5.74, 6) is 1.31. The van der Waals surface area contributed by atoms with Gasteiger partial charge in [0.15, 0.2) is 0 Å². The molecule has 0 aliphatic carbocycles. The average Bonchev–Trinajstić information content (AvgIpc) is 2.67. The SMILES string of the molecule is O=C(O)c1ccnn1C1CCSCC1. The third kappa shape index (κ3) is 1.77. The zero-order valence-electron chi connectivity index (χ0n) is 7.72. The summed E-state index contributed by atoms with van der Waals surface area (Å²) in [6, 6.07) is 1.83. The van der Waals surface area contributed by atoms with Crippen LogP contribution in [0.1, 0.15) is 29.4 Å². The van der Waals surface area contributed by atoms with Crippen LogP contribution in [0.4, 0.5) is 0 Å². The van der Waals surface area contributed by atoms with Gasteiger partial charge in [-0.3, -0.25) is 4.68 Å². The standard InChI is InChI=1S/C9H12N2O2S/c12-9(13)8-1-4-10-11(8)7-2-5-14-6-3-7/h1,4,7H,2-3,5-6H2,(H,12,13). The Hall–Kier alpha value is -0.970. The predicted octanol–water partition coefficient (Wildman–Crippen LogP) is 1.65. The van der Waals surface area contributed by atoms with Gasteiger partial charge in [-0.05, 0) is 30.4 Å². The Morgan fingerprint density at radius 1 is 1.57 bits per heavy atom. The van der Waals surface area contributed by atoms with Crippen LogP contribution in [0.15, 0.2) is 12.3 Å². The molecule has 1 saturated heterocycles. The lowest BCUT2D eigenvalue weighted by molar-refractivity contribution is 0.0679. The van der Waals surface area contributed by atoms with Gasteiger partial charge in [-0.2, -0.15) is 16.9 Å². The molecular formula is C9H12N2O2S. The molecule has 2 heterocycles. The minimum atomic E-state index is -0.888. The van der Waals surface area contributed by atoms with E-state index in [1.807, 2.05) is 11.8 Å². The number of hydrogen-bond acceptors (Lipinski definition) is 3. The van der Waals surface area contributed by atoms with Gasteiger partial charge in [0.05, 0.1) is 6.04 Å². The summed E-state index contributed by atoms with van der Waals surface area (Å²) in [5.41, 5.74) is 0.307. The van der Waals surface area contributed by atoms with Crippen LogP contribution < -0.4 is 0 Å². The Labute approximate surface area is 86.3 Å². The van der Waals surface area contributed by atoms with Gasteiger partial charge in [-0.1, -0.05) is 0 Å². The largest absolute Gasteiger partial charge is 0.477 e. The molecule has 0 saturated carbocycles. The molecule has 2 rings (SSSR count). The van der Waals surface area contributed by atoms with Crippen LogP contribution in [0.25, 0.3) is 0 Å². The van der Waals surface area contributed by atoms with Crippen LogP contribution in [-0.2, 0) is 0 Å². The fourth-order valence-corrected chi connectivity index (χ4v) is 2.79. The molecule has 0 radical (unpaired) electrons. The lowest BCUT2D eigenvalue weighted by atomic mass is 10.1. The summed E-state index contributed by atoms with van der Waals surface area (Å²) in [6.45, 7) is 0. The van der Waals surface area contributed by atoms with E-state index in [9.17, 15) is 4.79 Å². The number of carboxylic acid groups (broad SMARTS) is 1. The van der Waals surface area contributed by atoms with E-state index in [0.717, 1.165) is 24.3 Å². The van der Waals surface area contributed by atoms with Crippen molar-refractivity contribution in [2.45, 2.75) is 18.9 Å². The molecule has 4 nitrogen and oxygen atoms in total. The van der Waals surface area contributed by atoms with Crippen molar-refractivity contribution in [1.82, 2.24) is 9.78 Å². The first-order chi connectivity index (χ1) is 6.79. The van der Waals surface area contributed by atoms with Gasteiger partial charge in [-0.25, -0.2) is 4.79 Å². The fourth-order valence-electron chi connectivity index (χ4n) is 1.70. The van der Waals surface area contributed by atoms with Crippen LogP contribution in [0.2, 0.25) is 0 Å². The van der Waals surface area contributed by atoms with Crippen LogP contribution in [0.5, 0.6) is 0 Å². The van der Waals surface area contributed by atoms with E-state index in [1.54, 1.807) is 16.9 Å². The van der Waals surface area contributed by atoms with Crippen molar-refractivity contribution < 1.29 is 9.90 Å².